The summed E-state index contributed by atoms with van der Waals surface area (Å²) in [7, 11) is 0. The molecule has 1 heterocycles. The molecule has 0 bridgehead atoms. The van der Waals surface area contributed by atoms with E-state index in [1.165, 1.54) is 29.1 Å². The third-order valence-corrected chi connectivity index (χ3v) is 3.14. The van der Waals surface area contributed by atoms with Crippen molar-refractivity contribution in [3.05, 3.63) is 64.5 Å². The summed E-state index contributed by atoms with van der Waals surface area (Å²) in [4.78, 5) is 25.9. The van der Waals surface area contributed by atoms with E-state index in [0.29, 0.717) is 11.0 Å². The Kier molecular flexibility index (Phi) is 2.87. The van der Waals surface area contributed by atoms with Crippen LogP contribution in [0.15, 0.2) is 48.8 Å². The molecular weight excluding hydrogens is 274 g/mol. The number of aromatic carboxylic acids is 1. The fourth-order valence-electron chi connectivity index (χ4n) is 2.24. The average Bonchev–Trinajstić information content (AvgIpc) is 2.90. The Morgan fingerprint density at radius 1 is 1.19 bits per heavy atom. The maximum Gasteiger partial charge on any atom is 0.342 e. The Morgan fingerprint density at radius 3 is 2.67 bits per heavy atom. The van der Waals surface area contributed by atoms with Crippen LogP contribution in [0.4, 0.5) is 5.69 Å². The molecule has 0 saturated carbocycles. The summed E-state index contributed by atoms with van der Waals surface area (Å²) in [6.07, 6.45) is 1.44. The minimum absolute atomic E-state index is 0.175. The van der Waals surface area contributed by atoms with Crippen molar-refractivity contribution in [3.63, 3.8) is 0 Å². The molecule has 0 spiro atoms. The van der Waals surface area contributed by atoms with Crippen molar-refractivity contribution >= 4 is 22.7 Å². The molecule has 0 aliphatic carbocycles. The van der Waals surface area contributed by atoms with Crippen LogP contribution in [0, 0.1) is 10.1 Å². The lowest BCUT2D eigenvalue weighted by molar-refractivity contribution is -0.384. The van der Waals surface area contributed by atoms with E-state index in [1.54, 1.807) is 18.2 Å². The molecule has 0 unspecified atom stereocenters. The Bertz CT molecular complexity index is 870. The predicted octanol–water partition coefficient (Wildman–Crippen LogP) is 2.63. The number of nitrogens with zero attached hydrogens (tertiary/aromatic N) is 3. The van der Waals surface area contributed by atoms with Gasteiger partial charge >= 0.3 is 11.7 Å². The predicted molar refractivity (Wildman–Crippen MR) is 74.7 cm³/mol. The first kappa shape index (κ1) is 12.8. The van der Waals surface area contributed by atoms with Crippen molar-refractivity contribution in [2.45, 2.75) is 0 Å². The number of nitro benzene ring substituents is 1. The Hall–Kier alpha value is -3.22. The lowest BCUT2D eigenvalue weighted by atomic mass is 10.1. The molecule has 0 atom stereocenters. The number of rotatable bonds is 3. The highest BCUT2D eigenvalue weighted by molar-refractivity contribution is 5.94. The first-order valence-electron chi connectivity index (χ1n) is 6.03. The van der Waals surface area contributed by atoms with Gasteiger partial charge in [0.05, 0.1) is 16.0 Å². The number of fused-ring (bicyclic) bond motifs is 1. The molecule has 21 heavy (non-hydrogen) atoms. The van der Waals surface area contributed by atoms with Crippen LogP contribution in [0.5, 0.6) is 0 Å². The third kappa shape index (κ3) is 2.00. The summed E-state index contributed by atoms with van der Waals surface area (Å²) in [5, 5.41) is 20.4. The van der Waals surface area contributed by atoms with E-state index in [9.17, 15) is 14.9 Å². The molecule has 0 aliphatic heterocycles. The van der Waals surface area contributed by atoms with E-state index < -0.39 is 16.6 Å². The Labute approximate surface area is 118 Å². The molecule has 104 valence electrons. The van der Waals surface area contributed by atoms with Crippen molar-refractivity contribution in [3.8, 4) is 5.69 Å². The van der Waals surface area contributed by atoms with Gasteiger partial charge in [-0.25, -0.2) is 9.78 Å². The zero-order chi connectivity index (χ0) is 15.0. The maximum absolute atomic E-state index is 11.3. The molecule has 7 heteroatoms. The number of carboxylic acids is 1. The van der Waals surface area contributed by atoms with E-state index in [-0.39, 0.29) is 11.3 Å². The summed E-state index contributed by atoms with van der Waals surface area (Å²) in [5.74, 6) is -1.34. The number of aromatic nitrogens is 2. The SMILES string of the molecule is O=C(O)c1cccc(-n2cnc3ccccc32)c1[N+](=O)[O-]. The second kappa shape index (κ2) is 4.71. The fourth-order valence-corrected chi connectivity index (χ4v) is 2.24. The number of hydrogen-bond acceptors (Lipinski definition) is 4. The summed E-state index contributed by atoms with van der Waals surface area (Å²) in [6, 6.07) is 11.3. The molecule has 3 rings (SSSR count). The van der Waals surface area contributed by atoms with Gasteiger partial charge in [0.2, 0.25) is 0 Å². The van der Waals surface area contributed by atoms with E-state index >= 15 is 0 Å². The fraction of sp³-hybridized carbons (Fsp3) is 0. The van der Waals surface area contributed by atoms with Gasteiger partial charge in [-0.2, -0.15) is 0 Å². The van der Waals surface area contributed by atoms with Gasteiger partial charge in [0.1, 0.15) is 17.6 Å². The second-order valence-electron chi connectivity index (χ2n) is 4.34. The van der Waals surface area contributed by atoms with Crippen molar-refractivity contribution in [2.75, 3.05) is 0 Å². The van der Waals surface area contributed by atoms with E-state index in [2.05, 4.69) is 4.98 Å². The molecule has 2 aromatic carbocycles. The molecule has 1 N–H and O–H groups in total. The number of nitro groups is 1. The number of hydrogen-bond donors (Lipinski definition) is 1. The van der Waals surface area contributed by atoms with Gasteiger partial charge in [0.15, 0.2) is 0 Å². The number of imidazole rings is 1. The highest BCUT2D eigenvalue weighted by atomic mass is 16.6. The summed E-state index contributed by atoms with van der Waals surface area (Å²) >= 11 is 0. The quantitative estimate of drug-likeness (QED) is 0.588. The van der Waals surface area contributed by atoms with Gasteiger partial charge < -0.3 is 5.11 Å². The van der Waals surface area contributed by atoms with Crippen LogP contribution in [0.2, 0.25) is 0 Å². The van der Waals surface area contributed by atoms with Crippen molar-refractivity contribution in [1.29, 1.82) is 0 Å². The first-order valence-corrected chi connectivity index (χ1v) is 6.03. The molecule has 0 amide bonds. The molecule has 0 radical (unpaired) electrons. The molecule has 1 aromatic heterocycles. The first-order chi connectivity index (χ1) is 10.1. The standard InChI is InChI=1S/C14H9N3O4/c18-14(19)9-4-3-7-12(13(9)17(20)21)16-8-15-10-5-1-2-6-11(10)16/h1-8H,(H,18,19). The number of benzene rings is 2. The maximum atomic E-state index is 11.3. The summed E-state index contributed by atoms with van der Waals surface area (Å²) in [5.41, 5.74) is 0.715. The van der Waals surface area contributed by atoms with Crippen LogP contribution in [0.25, 0.3) is 16.7 Å². The van der Waals surface area contributed by atoms with Crippen molar-refractivity contribution < 1.29 is 14.8 Å². The van der Waals surface area contributed by atoms with Crippen LogP contribution in [-0.4, -0.2) is 25.6 Å². The van der Waals surface area contributed by atoms with Crippen LogP contribution in [0.3, 0.4) is 0 Å². The largest absolute Gasteiger partial charge is 0.477 e. The van der Waals surface area contributed by atoms with Crippen LogP contribution < -0.4 is 0 Å². The number of para-hydroxylation sites is 3. The van der Waals surface area contributed by atoms with E-state index in [0.717, 1.165) is 0 Å². The second-order valence-corrected chi connectivity index (χ2v) is 4.34. The van der Waals surface area contributed by atoms with Crippen LogP contribution >= 0.6 is 0 Å². The zero-order valence-corrected chi connectivity index (χ0v) is 10.6. The average molecular weight is 283 g/mol. The molecule has 0 saturated heterocycles. The van der Waals surface area contributed by atoms with Gasteiger partial charge in [-0.3, -0.25) is 14.7 Å². The lowest BCUT2D eigenvalue weighted by Gasteiger charge is -2.07. The van der Waals surface area contributed by atoms with E-state index in [4.69, 9.17) is 5.11 Å². The van der Waals surface area contributed by atoms with Gasteiger partial charge in [-0.1, -0.05) is 18.2 Å². The van der Waals surface area contributed by atoms with Crippen molar-refractivity contribution in [1.82, 2.24) is 9.55 Å². The normalized spacial score (nSPS) is 10.7. The summed E-state index contributed by atoms with van der Waals surface area (Å²) in [6.45, 7) is 0. The van der Waals surface area contributed by atoms with Crippen LogP contribution in [-0.2, 0) is 0 Å². The summed E-state index contributed by atoms with van der Waals surface area (Å²) < 4.78 is 1.51. The van der Waals surface area contributed by atoms with Gasteiger partial charge in [-0.05, 0) is 24.3 Å². The minimum atomic E-state index is -1.34. The number of carbonyl (C=O) groups is 1. The third-order valence-electron chi connectivity index (χ3n) is 3.14. The van der Waals surface area contributed by atoms with E-state index in [1.807, 2.05) is 6.07 Å². The molecule has 7 nitrogen and oxygen atoms in total. The Morgan fingerprint density at radius 2 is 1.95 bits per heavy atom. The molecular formula is C14H9N3O4. The monoisotopic (exact) mass is 283 g/mol. The lowest BCUT2D eigenvalue weighted by Crippen LogP contribution is -2.07. The highest BCUT2D eigenvalue weighted by Crippen LogP contribution is 2.29. The molecule has 0 aliphatic rings. The highest BCUT2D eigenvalue weighted by Gasteiger charge is 2.25. The topological polar surface area (TPSA) is 98.3 Å². The smallest absolute Gasteiger partial charge is 0.342 e. The van der Waals surface area contributed by atoms with Gasteiger partial charge in [-0.15, -0.1) is 0 Å². The van der Waals surface area contributed by atoms with Gasteiger partial charge in [0, 0.05) is 0 Å². The Balaban J connectivity index is 2.35. The zero-order valence-electron chi connectivity index (χ0n) is 10.6. The van der Waals surface area contributed by atoms with Crippen LogP contribution in [0.1, 0.15) is 10.4 Å². The molecule has 3 aromatic rings. The van der Waals surface area contributed by atoms with Gasteiger partial charge in [0.25, 0.3) is 0 Å². The van der Waals surface area contributed by atoms with Crippen molar-refractivity contribution in [2.24, 2.45) is 0 Å². The number of carboxylic acid groups (broad SMARTS) is 1. The molecule has 0 fully saturated rings. The minimum Gasteiger partial charge on any atom is -0.477 e.